The fraction of sp³-hybridized carbons (Fsp3) is 0.120. The summed E-state index contributed by atoms with van der Waals surface area (Å²) in [6.45, 7) is 1.97. The van der Waals surface area contributed by atoms with Gasteiger partial charge in [-0.3, -0.25) is 9.59 Å². The molecule has 5 heteroatoms. The number of amides is 1. The molecule has 1 heterocycles. The lowest BCUT2D eigenvalue weighted by atomic mass is 9.95. The molecule has 0 fully saturated rings. The highest BCUT2D eigenvalue weighted by atomic mass is 35.5. The lowest BCUT2D eigenvalue weighted by molar-refractivity contribution is -0.117. The number of aromatic amines is 1. The number of fused-ring (bicyclic) bond motifs is 1. The van der Waals surface area contributed by atoms with Gasteiger partial charge in [-0.25, -0.2) is 0 Å². The van der Waals surface area contributed by atoms with Gasteiger partial charge in [0.1, 0.15) is 5.69 Å². The zero-order valence-corrected chi connectivity index (χ0v) is 17.2. The third kappa shape index (κ3) is 3.87. The van der Waals surface area contributed by atoms with Gasteiger partial charge in [-0.05, 0) is 30.2 Å². The molecule has 0 saturated carbocycles. The van der Waals surface area contributed by atoms with E-state index in [1.165, 1.54) is 0 Å². The van der Waals surface area contributed by atoms with Gasteiger partial charge in [0.2, 0.25) is 11.7 Å². The normalized spacial score (nSPS) is 11.9. The maximum atomic E-state index is 13.2. The molecular weight excluding hydrogens is 396 g/mol. The summed E-state index contributed by atoms with van der Waals surface area (Å²) in [6.07, 6.45) is 0.645. The van der Waals surface area contributed by atoms with Gasteiger partial charge in [-0.15, -0.1) is 0 Å². The Morgan fingerprint density at radius 3 is 2.30 bits per heavy atom. The molecule has 0 bridgehead atoms. The van der Waals surface area contributed by atoms with E-state index in [1.807, 2.05) is 61.5 Å². The monoisotopic (exact) mass is 416 g/mol. The van der Waals surface area contributed by atoms with Crippen LogP contribution in [0.3, 0.4) is 0 Å². The Labute approximate surface area is 179 Å². The van der Waals surface area contributed by atoms with Crippen molar-refractivity contribution in [2.24, 2.45) is 0 Å². The zero-order chi connectivity index (χ0) is 21.1. The molecule has 150 valence electrons. The molecule has 0 spiro atoms. The number of anilines is 1. The first-order valence-electron chi connectivity index (χ1n) is 9.85. The first-order valence-corrected chi connectivity index (χ1v) is 10.2. The molecule has 0 aliphatic heterocycles. The van der Waals surface area contributed by atoms with Crippen molar-refractivity contribution in [1.29, 1.82) is 0 Å². The second kappa shape index (κ2) is 8.56. The molecule has 4 nitrogen and oxygen atoms in total. The molecule has 1 amide bonds. The molecule has 4 rings (SSSR count). The second-order valence-corrected chi connectivity index (χ2v) is 7.56. The van der Waals surface area contributed by atoms with Crippen molar-refractivity contribution in [3.05, 3.63) is 101 Å². The summed E-state index contributed by atoms with van der Waals surface area (Å²) in [5, 5.41) is 4.32. The highest BCUT2D eigenvalue weighted by molar-refractivity contribution is 6.31. The van der Waals surface area contributed by atoms with Crippen LogP contribution in [-0.2, 0) is 4.79 Å². The molecular formula is C25H21ClN2O2. The molecule has 0 radical (unpaired) electrons. The van der Waals surface area contributed by atoms with Crippen LogP contribution >= 0.6 is 11.6 Å². The largest absolute Gasteiger partial charge is 0.350 e. The van der Waals surface area contributed by atoms with E-state index in [1.54, 1.807) is 24.3 Å². The van der Waals surface area contributed by atoms with E-state index in [2.05, 4.69) is 10.3 Å². The van der Waals surface area contributed by atoms with E-state index in [0.29, 0.717) is 33.9 Å². The predicted molar refractivity (Wildman–Crippen MR) is 121 cm³/mol. The minimum absolute atomic E-state index is 0.151. The summed E-state index contributed by atoms with van der Waals surface area (Å²) in [5.74, 6) is -0.657. The maximum Gasteiger partial charge on any atom is 0.231 e. The molecule has 1 atom stereocenters. The van der Waals surface area contributed by atoms with Gasteiger partial charge in [0.05, 0.1) is 11.6 Å². The number of carbonyl (C=O) groups excluding carboxylic acids is 2. The Hall–Kier alpha value is -3.37. The van der Waals surface area contributed by atoms with E-state index in [4.69, 9.17) is 11.6 Å². The van der Waals surface area contributed by atoms with Crippen LogP contribution in [0.4, 0.5) is 5.69 Å². The molecule has 3 aromatic carbocycles. The van der Waals surface area contributed by atoms with E-state index < -0.39 is 0 Å². The van der Waals surface area contributed by atoms with E-state index >= 15 is 0 Å². The summed E-state index contributed by atoms with van der Waals surface area (Å²) in [5.41, 5.74) is 3.01. The van der Waals surface area contributed by atoms with Gasteiger partial charge in [0, 0.05) is 21.5 Å². The second-order valence-electron chi connectivity index (χ2n) is 7.12. The Kier molecular flexibility index (Phi) is 5.68. The highest BCUT2D eigenvalue weighted by Gasteiger charge is 2.24. The summed E-state index contributed by atoms with van der Waals surface area (Å²) in [6, 6.07) is 24.0. The van der Waals surface area contributed by atoms with Crippen LogP contribution in [0.1, 0.15) is 40.9 Å². The molecule has 4 aromatic rings. The number of hydrogen-bond donors (Lipinski definition) is 2. The number of aromatic nitrogens is 1. The van der Waals surface area contributed by atoms with Crippen molar-refractivity contribution in [3.63, 3.8) is 0 Å². The van der Waals surface area contributed by atoms with Gasteiger partial charge < -0.3 is 10.3 Å². The predicted octanol–water partition coefficient (Wildman–Crippen LogP) is 6.18. The summed E-state index contributed by atoms with van der Waals surface area (Å²) in [7, 11) is 0. The van der Waals surface area contributed by atoms with Gasteiger partial charge in [0.15, 0.2) is 0 Å². The summed E-state index contributed by atoms with van der Waals surface area (Å²) < 4.78 is 0. The average Bonchev–Trinajstić information content (AvgIpc) is 3.12. The number of H-pyrrole nitrogens is 1. The Morgan fingerprint density at radius 1 is 0.967 bits per heavy atom. The van der Waals surface area contributed by atoms with Crippen molar-refractivity contribution in [3.8, 4) is 0 Å². The number of hydrogen-bond acceptors (Lipinski definition) is 2. The Bertz CT molecular complexity index is 1200. The molecule has 2 N–H and O–H groups in total. The molecule has 1 unspecified atom stereocenters. The number of ketones is 1. The van der Waals surface area contributed by atoms with Crippen LogP contribution in [-0.4, -0.2) is 16.7 Å². The quantitative estimate of drug-likeness (QED) is 0.368. The number of nitrogens with one attached hydrogen (secondary N) is 2. The highest BCUT2D eigenvalue weighted by Crippen LogP contribution is 2.33. The lowest BCUT2D eigenvalue weighted by Crippen LogP contribution is -2.22. The third-order valence-electron chi connectivity index (χ3n) is 5.20. The lowest BCUT2D eigenvalue weighted by Gasteiger charge is -2.16. The SMILES string of the molecule is CCC(C(=O)Nc1c(C(=O)c2ccccc2)[nH]c2cc(Cl)ccc12)c1ccccc1. The Morgan fingerprint density at radius 2 is 1.63 bits per heavy atom. The molecule has 0 aliphatic carbocycles. The third-order valence-corrected chi connectivity index (χ3v) is 5.43. The number of halogens is 1. The van der Waals surface area contributed by atoms with Crippen molar-refractivity contribution in [2.75, 3.05) is 5.32 Å². The van der Waals surface area contributed by atoms with E-state index in [-0.39, 0.29) is 17.6 Å². The number of benzene rings is 3. The first kappa shape index (κ1) is 19.9. The molecule has 0 aliphatic rings. The standard InChI is InChI=1S/C25H21ClN2O2/c1-2-19(16-9-5-3-6-10-16)25(30)28-22-20-14-13-18(26)15-21(20)27-23(22)24(29)17-11-7-4-8-12-17/h3-15,19,27H,2H2,1H3,(H,28,30). The van der Waals surface area contributed by atoms with Crippen molar-refractivity contribution in [2.45, 2.75) is 19.3 Å². The van der Waals surface area contributed by atoms with Crippen molar-refractivity contribution < 1.29 is 9.59 Å². The first-order chi connectivity index (χ1) is 14.6. The van der Waals surface area contributed by atoms with Gasteiger partial charge >= 0.3 is 0 Å². The minimum Gasteiger partial charge on any atom is -0.350 e. The smallest absolute Gasteiger partial charge is 0.231 e. The topological polar surface area (TPSA) is 62.0 Å². The van der Waals surface area contributed by atoms with Crippen LogP contribution in [0.25, 0.3) is 10.9 Å². The summed E-state index contributed by atoms with van der Waals surface area (Å²) in [4.78, 5) is 29.6. The number of carbonyl (C=O) groups is 2. The zero-order valence-electron chi connectivity index (χ0n) is 16.5. The molecule has 0 saturated heterocycles. The van der Waals surface area contributed by atoms with Crippen molar-refractivity contribution >= 4 is 39.9 Å². The van der Waals surface area contributed by atoms with Crippen LogP contribution in [0.2, 0.25) is 5.02 Å². The van der Waals surface area contributed by atoms with Gasteiger partial charge in [-0.2, -0.15) is 0 Å². The van der Waals surface area contributed by atoms with Crippen molar-refractivity contribution in [1.82, 2.24) is 4.98 Å². The van der Waals surface area contributed by atoms with E-state index in [9.17, 15) is 9.59 Å². The fourth-order valence-electron chi connectivity index (χ4n) is 3.67. The van der Waals surface area contributed by atoms with E-state index in [0.717, 1.165) is 10.9 Å². The summed E-state index contributed by atoms with van der Waals surface area (Å²) >= 11 is 6.14. The fourth-order valence-corrected chi connectivity index (χ4v) is 3.84. The Balaban J connectivity index is 1.77. The average molecular weight is 417 g/mol. The van der Waals surface area contributed by atoms with Crippen LogP contribution < -0.4 is 5.32 Å². The van der Waals surface area contributed by atoms with Crippen LogP contribution in [0, 0.1) is 0 Å². The van der Waals surface area contributed by atoms with Crippen LogP contribution in [0.5, 0.6) is 0 Å². The maximum absolute atomic E-state index is 13.2. The molecule has 30 heavy (non-hydrogen) atoms. The minimum atomic E-state index is -0.317. The molecule has 1 aromatic heterocycles. The number of rotatable bonds is 6. The van der Waals surface area contributed by atoms with Gasteiger partial charge in [-0.1, -0.05) is 79.2 Å². The van der Waals surface area contributed by atoms with Gasteiger partial charge in [0.25, 0.3) is 0 Å². The van der Waals surface area contributed by atoms with Crippen LogP contribution in [0.15, 0.2) is 78.9 Å².